The third-order valence-corrected chi connectivity index (χ3v) is 3.72. The number of hydrogen-bond donors (Lipinski definition) is 2. The number of amides is 1. The number of nitrogens with zero attached hydrogens (tertiary/aromatic N) is 1. The molecule has 1 heterocycles. The highest BCUT2D eigenvalue weighted by Crippen LogP contribution is 2.18. The van der Waals surface area contributed by atoms with Crippen molar-refractivity contribution in [3.63, 3.8) is 0 Å². The summed E-state index contributed by atoms with van der Waals surface area (Å²) in [7, 11) is 0. The molecule has 0 aromatic rings. The van der Waals surface area contributed by atoms with E-state index in [0.29, 0.717) is 18.5 Å². The van der Waals surface area contributed by atoms with Gasteiger partial charge in [-0.15, -0.1) is 0 Å². The predicted octanol–water partition coefficient (Wildman–Crippen LogP) is 0.359. The van der Waals surface area contributed by atoms with Crippen LogP contribution in [-0.4, -0.2) is 48.2 Å². The van der Waals surface area contributed by atoms with Crippen LogP contribution in [0.2, 0.25) is 0 Å². The molecular weight excluding hydrogens is 204 g/mol. The number of likely N-dealkylation sites (tertiary alicyclic amines) is 1. The van der Waals surface area contributed by atoms with Crippen LogP contribution in [0.5, 0.6) is 0 Å². The maximum atomic E-state index is 11.7. The molecule has 16 heavy (non-hydrogen) atoms. The van der Waals surface area contributed by atoms with E-state index in [0.717, 1.165) is 32.4 Å². The van der Waals surface area contributed by atoms with Crippen LogP contribution < -0.4 is 5.32 Å². The summed E-state index contributed by atoms with van der Waals surface area (Å²) in [4.78, 5) is 13.9. The Morgan fingerprint density at radius 1 is 1.31 bits per heavy atom. The summed E-state index contributed by atoms with van der Waals surface area (Å²) in [5.41, 5.74) is 0. The van der Waals surface area contributed by atoms with Gasteiger partial charge in [0.1, 0.15) is 0 Å². The molecule has 0 bridgehead atoms. The van der Waals surface area contributed by atoms with E-state index in [1.54, 1.807) is 0 Å². The van der Waals surface area contributed by atoms with Gasteiger partial charge in [0.25, 0.3) is 0 Å². The average molecular weight is 226 g/mol. The molecule has 1 atom stereocenters. The van der Waals surface area contributed by atoms with Crippen molar-refractivity contribution in [2.75, 3.05) is 26.2 Å². The van der Waals surface area contributed by atoms with E-state index in [1.165, 1.54) is 12.8 Å². The van der Waals surface area contributed by atoms with E-state index in [9.17, 15) is 4.79 Å². The first-order valence-electron chi connectivity index (χ1n) is 6.40. The molecule has 4 heteroatoms. The van der Waals surface area contributed by atoms with Gasteiger partial charge in [0.15, 0.2) is 0 Å². The highest BCUT2D eigenvalue weighted by molar-refractivity contribution is 5.78. The van der Waals surface area contributed by atoms with E-state index in [2.05, 4.69) is 10.2 Å². The lowest BCUT2D eigenvalue weighted by Crippen LogP contribution is -2.40. The third kappa shape index (κ3) is 3.19. The maximum absolute atomic E-state index is 11.7. The Labute approximate surface area is 97.0 Å². The second kappa shape index (κ2) is 5.64. The van der Waals surface area contributed by atoms with Crippen molar-refractivity contribution >= 4 is 5.91 Å². The minimum Gasteiger partial charge on any atom is -0.396 e. The Bertz CT molecular complexity index is 239. The summed E-state index contributed by atoms with van der Waals surface area (Å²) >= 11 is 0. The number of nitrogens with one attached hydrogen (secondary N) is 1. The van der Waals surface area contributed by atoms with E-state index < -0.39 is 0 Å². The summed E-state index contributed by atoms with van der Waals surface area (Å²) in [6, 6.07) is 0.420. The quantitative estimate of drug-likeness (QED) is 0.728. The molecule has 92 valence electrons. The zero-order chi connectivity index (χ0) is 11.4. The van der Waals surface area contributed by atoms with Gasteiger partial charge in [0, 0.05) is 19.2 Å². The molecule has 1 aliphatic carbocycles. The first-order valence-corrected chi connectivity index (χ1v) is 6.40. The smallest absolute Gasteiger partial charge is 0.234 e. The zero-order valence-electron chi connectivity index (χ0n) is 9.82. The van der Waals surface area contributed by atoms with Gasteiger partial charge < -0.3 is 10.4 Å². The van der Waals surface area contributed by atoms with E-state index in [1.807, 2.05) is 0 Å². The highest BCUT2D eigenvalue weighted by Gasteiger charge is 2.24. The van der Waals surface area contributed by atoms with Crippen molar-refractivity contribution in [3.05, 3.63) is 0 Å². The average Bonchev–Trinajstić information content (AvgIpc) is 2.89. The number of carbonyl (C=O) groups is 1. The second-order valence-electron chi connectivity index (χ2n) is 5.12. The van der Waals surface area contributed by atoms with Crippen molar-refractivity contribution in [2.45, 2.75) is 38.1 Å². The topological polar surface area (TPSA) is 52.6 Å². The van der Waals surface area contributed by atoms with Gasteiger partial charge in [0.05, 0.1) is 6.54 Å². The lowest BCUT2D eigenvalue weighted by molar-refractivity contribution is -0.122. The fraction of sp³-hybridized carbons (Fsp3) is 0.917. The lowest BCUT2D eigenvalue weighted by Gasteiger charge is -2.17. The van der Waals surface area contributed by atoms with Crippen molar-refractivity contribution < 1.29 is 9.90 Å². The summed E-state index contributed by atoms with van der Waals surface area (Å²) < 4.78 is 0. The molecule has 1 aliphatic heterocycles. The minimum absolute atomic E-state index is 0.158. The van der Waals surface area contributed by atoms with Crippen LogP contribution in [-0.2, 0) is 4.79 Å². The van der Waals surface area contributed by atoms with Gasteiger partial charge in [-0.25, -0.2) is 0 Å². The fourth-order valence-corrected chi connectivity index (χ4v) is 2.75. The van der Waals surface area contributed by atoms with Crippen LogP contribution in [0.15, 0.2) is 0 Å². The number of rotatable bonds is 4. The first-order chi connectivity index (χ1) is 7.78. The van der Waals surface area contributed by atoms with Crippen LogP contribution in [0.1, 0.15) is 32.1 Å². The number of hydrogen-bond acceptors (Lipinski definition) is 3. The van der Waals surface area contributed by atoms with Crippen molar-refractivity contribution in [1.29, 1.82) is 0 Å². The molecule has 4 nitrogen and oxygen atoms in total. The first kappa shape index (κ1) is 11.9. The molecule has 0 radical (unpaired) electrons. The second-order valence-corrected chi connectivity index (χ2v) is 5.12. The summed E-state index contributed by atoms with van der Waals surface area (Å²) in [6.45, 7) is 2.58. The van der Waals surface area contributed by atoms with Crippen molar-refractivity contribution in [1.82, 2.24) is 10.2 Å². The van der Waals surface area contributed by atoms with Gasteiger partial charge in [-0.05, 0) is 31.7 Å². The van der Waals surface area contributed by atoms with Gasteiger partial charge in [-0.2, -0.15) is 0 Å². The standard InChI is InChI=1S/C12H22N2O2/c15-9-10-5-6-14(7-10)8-12(16)13-11-3-1-2-4-11/h10-11,15H,1-9H2,(H,13,16)/t10-/m1/s1. The van der Waals surface area contributed by atoms with Crippen LogP contribution >= 0.6 is 0 Å². The Balaban J connectivity index is 1.67. The molecular formula is C12H22N2O2. The summed E-state index contributed by atoms with van der Waals surface area (Å²) in [5.74, 6) is 0.532. The van der Waals surface area contributed by atoms with Crippen LogP contribution in [0.4, 0.5) is 0 Å². The van der Waals surface area contributed by atoms with Crippen LogP contribution in [0.3, 0.4) is 0 Å². The normalized spacial score (nSPS) is 27.4. The van der Waals surface area contributed by atoms with E-state index >= 15 is 0 Å². The Hall–Kier alpha value is -0.610. The Kier molecular flexibility index (Phi) is 4.18. The molecule has 2 N–H and O–H groups in total. The monoisotopic (exact) mass is 226 g/mol. The van der Waals surface area contributed by atoms with Gasteiger partial charge in [-0.3, -0.25) is 9.69 Å². The van der Waals surface area contributed by atoms with Crippen LogP contribution in [0, 0.1) is 5.92 Å². The number of aliphatic hydroxyl groups excluding tert-OH is 1. The molecule has 0 unspecified atom stereocenters. The van der Waals surface area contributed by atoms with Crippen LogP contribution in [0.25, 0.3) is 0 Å². The van der Waals surface area contributed by atoms with Crippen molar-refractivity contribution in [2.24, 2.45) is 5.92 Å². The SMILES string of the molecule is O=C(CN1CC[C@@H](CO)C1)NC1CCCC1. The predicted molar refractivity (Wildman–Crippen MR) is 62.0 cm³/mol. The van der Waals surface area contributed by atoms with E-state index in [4.69, 9.17) is 5.11 Å². The zero-order valence-corrected chi connectivity index (χ0v) is 9.82. The number of carbonyl (C=O) groups excluding carboxylic acids is 1. The molecule has 0 aromatic heterocycles. The van der Waals surface area contributed by atoms with Gasteiger partial charge in [0.2, 0.25) is 5.91 Å². The van der Waals surface area contributed by atoms with Gasteiger partial charge >= 0.3 is 0 Å². The highest BCUT2D eigenvalue weighted by atomic mass is 16.3. The summed E-state index contributed by atoms with van der Waals surface area (Å²) in [6.07, 6.45) is 5.81. The largest absolute Gasteiger partial charge is 0.396 e. The Morgan fingerprint density at radius 3 is 2.69 bits per heavy atom. The third-order valence-electron chi connectivity index (χ3n) is 3.72. The molecule has 0 aromatic carbocycles. The molecule has 1 saturated carbocycles. The Morgan fingerprint density at radius 2 is 2.06 bits per heavy atom. The molecule has 1 saturated heterocycles. The molecule has 0 spiro atoms. The van der Waals surface area contributed by atoms with E-state index in [-0.39, 0.29) is 12.5 Å². The van der Waals surface area contributed by atoms with Gasteiger partial charge in [-0.1, -0.05) is 12.8 Å². The molecule has 2 rings (SSSR count). The molecule has 2 fully saturated rings. The molecule has 1 amide bonds. The summed E-state index contributed by atoms with van der Waals surface area (Å²) in [5, 5.41) is 12.1. The van der Waals surface area contributed by atoms with Crippen molar-refractivity contribution in [3.8, 4) is 0 Å². The minimum atomic E-state index is 0.158. The number of aliphatic hydroxyl groups is 1. The molecule has 2 aliphatic rings. The lowest BCUT2D eigenvalue weighted by atomic mass is 10.1. The fourth-order valence-electron chi connectivity index (χ4n) is 2.75. The maximum Gasteiger partial charge on any atom is 0.234 e.